The molecule has 0 spiro atoms. The van der Waals surface area contributed by atoms with Crippen LogP contribution in [-0.2, 0) is 21.4 Å². The van der Waals surface area contributed by atoms with Crippen LogP contribution < -0.4 is 5.32 Å². The molecule has 1 amide bonds. The van der Waals surface area contributed by atoms with Gasteiger partial charge in [-0.05, 0) is 34.4 Å². The highest BCUT2D eigenvalue weighted by Crippen LogP contribution is 2.39. The molecule has 5 heteroatoms. The highest BCUT2D eigenvalue weighted by atomic mass is 16.4. The number of benzene rings is 4. The monoisotopic (exact) mass is 451 g/mol. The van der Waals surface area contributed by atoms with Gasteiger partial charge < -0.3 is 15.5 Å². The second-order valence-electron chi connectivity index (χ2n) is 8.08. The van der Waals surface area contributed by atoms with Gasteiger partial charge in [0.05, 0.1) is 0 Å². The topological polar surface area (TPSA) is 86.6 Å². The molecule has 0 aliphatic heterocycles. The molecule has 0 aliphatic rings. The summed E-state index contributed by atoms with van der Waals surface area (Å²) in [5.41, 5.74) is 1.64. The third-order valence-corrected chi connectivity index (χ3v) is 5.94. The van der Waals surface area contributed by atoms with Crippen LogP contribution in [0.3, 0.4) is 0 Å². The van der Waals surface area contributed by atoms with E-state index >= 15 is 0 Å². The Balaban J connectivity index is 1.83. The lowest BCUT2D eigenvalue weighted by Gasteiger charge is -2.35. The van der Waals surface area contributed by atoms with Gasteiger partial charge in [0.1, 0.15) is 17.2 Å². The van der Waals surface area contributed by atoms with Crippen LogP contribution in [0, 0.1) is 0 Å². The second-order valence-corrected chi connectivity index (χ2v) is 8.08. The van der Waals surface area contributed by atoms with E-state index in [9.17, 15) is 19.8 Å². The van der Waals surface area contributed by atoms with Gasteiger partial charge in [0.15, 0.2) is 0 Å². The Morgan fingerprint density at radius 3 is 1.47 bits per heavy atom. The van der Waals surface area contributed by atoms with Gasteiger partial charge in [-0.3, -0.25) is 4.79 Å². The third-order valence-electron chi connectivity index (χ3n) is 5.94. The minimum Gasteiger partial charge on any atom is -0.508 e. The fourth-order valence-corrected chi connectivity index (χ4v) is 4.29. The van der Waals surface area contributed by atoms with Gasteiger partial charge >= 0.3 is 5.97 Å². The average Bonchev–Trinajstić information content (AvgIpc) is 2.87. The van der Waals surface area contributed by atoms with Gasteiger partial charge in [0.2, 0.25) is 5.91 Å². The van der Waals surface area contributed by atoms with Crippen molar-refractivity contribution in [3.05, 3.63) is 138 Å². The predicted molar refractivity (Wildman–Crippen MR) is 131 cm³/mol. The Hall–Kier alpha value is -4.38. The first kappa shape index (κ1) is 22.8. The highest BCUT2D eigenvalue weighted by molar-refractivity contribution is 5.98. The number of phenolic OH excluding ortho intramolecular Hbond substituents is 1. The molecule has 3 N–H and O–H groups in total. The van der Waals surface area contributed by atoms with Crippen molar-refractivity contribution < 1.29 is 19.8 Å². The number of carboxylic acid groups (broad SMARTS) is 1. The minimum absolute atomic E-state index is 0.0792. The second kappa shape index (κ2) is 10.0. The largest absolute Gasteiger partial charge is 0.508 e. The molecule has 0 aromatic heterocycles. The number of aromatic hydroxyl groups is 1. The molecule has 4 aromatic rings. The number of carboxylic acids is 1. The zero-order chi connectivity index (χ0) is 24.0. The lowest BCUT2D eigenvalue weighted by molar-refractivity contribution is -0.142. The summed E-state index contributed by atoms with van der Waals surface area (Å²) >= 11 is 0. The van der Waals surface area contributed by atoms with Crippen molar-refractivity contribution in [1.29, 1.82) is 0 Å². The molecule has 0 unspecified atom stereocenters. The van der Waals surface area contributed by atoms with E-state index in [0.29, 0.717) is 5.56 Å². The molecular weight excluding hydrogens is 426 g/mol. The summed E-state index contributed by atoms with van der Waals surface area (Å²) in [6, 6.07) is 33.3. The maximum atomic E-state index is 14.2. The van der Waals surface area contributed by atoms with Crippen LogP contribution in [-0.4, -0.2) is 28.1 Å². The van der Waals surface area contributed by atoms with Crippen LogP contribution in [0.25, 0.3) is 0 Å². The number of carbonyl (C=O) groups is 2. The molecular formula is C29H25NO4. The number of phenols is 1. The first-order chi connectivity index (χ1) is 16.5. The van der Waals surface area contributed by atoms with E-state index in [-0.39, 0.29) is 12.2 Å². The van der Waals surface area contributed by atoms with Crippen LogP contribution in [0.5, 0.6) is 5.75 Å². The summed E-state index contributed by atoms with van der Waals surface area (Å²) in [4.78, 5) is 26.4. The van der Waals surface area contributed by atoms with Crippen molar-refractivity contribution in [1.82, 2.24) is 5.32 Å². The predicted octanol–water partition coefficient (Wildman–Crippen LogP) is 4.54. The summed E-state index contributed by atoms with van der Waals surface area (Å²) in [6.45, 7) is 0. The highest BCUT2D eigenvalue weighted by Gasteiger charge is 2.45. The Bertz CT molecular complexity index is 1140. The van der Waals surface area contributed by atoms with Crippen LogP contribution in [0.2, 0.25) is 0 Å². The molecule has 0 fully saturated rings. The van der Waals surface area contributed by atoms with E-state index in [1.54, 1.807) is 12.1 Å². The first-order valence-corrected chi connectivity index (χ1v) is 11.0. The van der Waals surface area contributed by atoms with E-state index in [2.05, 4.69) is 5.32 Å². The zero-order valence-electron chi connectivity index (χ0n) is 18.5. The van der Waals surface area contributed by atoms with Crippen molar-refractivity contribution in [2.75, 3.05) is 0 Å². The zero-order valence-corrected chi connectivity index (χ0v) is 18.5. The summed E-state index contributed by atoms with van der Waals surface area (Å²) < 4.78 is 0. The van der Waals surface area contributed by atoms with Crippen LogP contribution >= 0.6 is 0 Å². The SMILES string of the molecule is O=C(O)[C@H](Cc1ccc(O)cc1)NC(=O)C(c1ccccc1)(c1ccccc1)c1ccccc1. The number of hydrogen-bond donors (Lipinski definition) is 3. The van der Waals surface area contributed by atoms with Crippen LogP contribution in [0.4, 0.5) is 0 Å². The fourth-order valence-electron chi connectivity index (χ4n) is 4.29. The van der Waals surface area contributed by atoms with Gasteiger partial charge in [0.25, 0.3) is 0 Å². The Labute approximate surface area is 198 Å². The van der Waals surface area contributed by atoms with Gasteiger partial charge in [0, 0.05) is 6.42 Å². The molecule has 4 aromatic carbocycles. The van der Waals surface area contributed by atoms with Crippen LogP contribution in [0.15, 0.2) is 115 Å². The maximum absolute atomic E-state index is 14.2. The molecule has 0 heterocycles. The van der Waals surface area contributed by atoms with E-state index in [1.807, 2.05) is 91.0 Å². The number of carbonyl (C=O) groups excluding carboxylic acids is 1. The molecule has 1 atom stereocenters. The Morgan fingerprint density at radius 1 is 0.676 bits per heavy atom. The quantitative estimate of drug-likeness (QED) is 0.343. The Morgan fingerprint density at radius 2 is 1.09 bits per heavy atom. The van der Waals surface area contributed by atoms with Gasteiger partial charge in [-0.2, -0.15) is 0 Å². The van der Waals surface area contributed by atoms with E-state index in [4.69, 9.17) is 0 Å². The molecule has 170 valence electrons. The summed E-state index contributed by atoms with van der Waals surface area (Å²) in [5, 5.41) is 22.3. The number of nitrogens with one attached hydrogen (secondary N) is 1. The molecule has 0 aliphatic carbocycles. The maximum Gasteiger partial charge on any atom is 0.326 e. The van der Waals surface area contributed by atoms with Gasteiger partial charge in [-0.15, -0.1) is 0 Å². The van der Waals surface area contributed by atoms with Gasteiger partial charge in [-0.1, -0.05) is 103 Å². The number of aliphatic carboxylic acids is 1. The minimum atomic E-state index is -1.26. The summed E-state index contributed by atoms with van der Waals surface area (Å²) in [7, 11) is 0. The molecule has 0 saturated heterocycles. The van der Waals surface area contributed by atoms with Crippen molar-refractivity contribution in [2.24, 2.45) is 0 Å². The summed E-state index contributed by atoms with van der Waals surface area (Å²) in [6.07, 6.45) is 0.0792. The van der Waals surface area contributed by atoms with Gasteiger partial charge in [-0.25, -0.2) is 4.79 Å². The van der Waals surface area contributed by atoms with Crippen LogP contribution in [0.1, 0.15) is 22.3 Å². The number of rotatable bonds is 8. The molecule has 0 bridgehead atoms. The number of amides is 1. The van der Waals surface area contributed by atoms with Crippen molar-refractivity contribution in [2.45, 2.75) is 17.9 Å². The molecule has 0 radical (unpaired) electrons. The molecule has 5 nitrogen and oxygen atoms in total. The normalized spacial score (nSPS) is 12.0. The molecule has 0 saturated carbocycles. The molecule has 4 rings (SSSR count). The fraction of sp³-hybridized carbons (Fsp3) is 0.103. The number of hydrogen-bond acceptors (Lipinski definition) is 3. The van der Waals surface area contributed by atoms with Crippen molar-refractivity contribution in [3.8, 4) is 5.75 Å². The smallest absolute Gasteiger partial charge is 0.326 e. The summed E-state index contributed by atoms with van der Waals surface area (Å²) in [5.74, 6) is -1.47. The van der Waals surface area contributed by atoms with E-state index in [0.717, 1.165) is 16.7 Å². The lowest BCUT2D eigenvalue weighted by Crippen LogP contribution is -2.52. The standard InChI is InChI=1S/C29H25NO4/c31-25-18-16-21(17-19-25)20-26(27(32)33)30-28(34)29(22-10-4-1-5-11-22,23-12-6-2-7-13-23)24-14-8-3-9-15-24/h1-19,26,31H,20H2,(H,30,34)(H,32,33)/t26-/m0/s1. The van der Waals surface area contributed by atoms with E-state index in [1.165, 1.54) is 12.1 Å². The average molecular weight is 452 g/mol. The molecule has 34 heavy (non-hydrogen) atoms. The van der Waals surface area contributed by atoms with E-state index < -0.39 is 23.3 Å². The van der Waals surface area contributed by atoms with Crippen molar-refractivity contribution >= 4 is 11.9 Å². The lowest BCUT2D eigenvalue weighted by atomic mass is 9.68. The first-order valence-electron chi connectivity index (χ1n) is 11.0. The van der Waals surface area contributed by atoms with Crippen molar-refractivity contribution in [3.63, 3.8) is 0 Å². The Kier molecular flexibility index (Phi) is 6.74. The third kappa shape index (κ3) is 4.55.